The molecule has 0 atom stereocenters. The van der Waals surface area contributed by atoms with Gasteiger partial charge in [-0.3, -0.25) is 9.88 Å². The second-order valence-corrected chi connectivity index (χ2v) is 7.33. The number of carbonyl (C=O) groups is 1. The Labute approximate surface area is 185 Å². The molecule has 3 aromatic rings. The Hall–Kier alpha value is -3.26. The maximum atomic E-state index is 12.7. The van der Waals surface area contributed by atoms with Crippen molar-refractivity contribution in [2.24, 2.45) is 0 Å². The third-order valence-corrected chi connectivity index (χ3v) is 5.02. The molecule has 170 valence electrons. The average molecular weight is 444 g/mol. The van der Waals surface area contributed by atoms with Crippen molar-refractivity contribution in [3.63, 3.8) is 0 Å². The van der Waals surface area contributed by atoms with Crippen LogP contribution in [0.25, 0.3) is 10.9 Å². The number of para-hydroxylation sites is 1. The highest BCUT2D eigenvalue weighted by Gasteiger charge is 2.21. The number of esters is 1. The lowest BCUT2D eigenvalue weighted by Gasteiger charge is -2.20. The van der Waals surface area contributed by atoms with Crippen molar-refractivity contribution >= 4 is 16.9 Å². The van der Waals surface area contributed by atoms with Gasteiger partial charge in [0.05, 0.1) is 30.5 Å². The van der Waals surface area contributed by atoms with Gasteiger partial charge in [-0.1, -0.05) is 24.3 Å². The highest BCUT2D eigenvalue weighted by molar-refractivity contribution is 5.98. The van der Waals surface area contributed by atoms with Crippen molar-refractivity contribution in [1.82, 2.24) is 9.88 Å². The minimum absolute atomic E-state index is 0.0275. The fourth-order valence-corrected chi connectivity index (χ4v) is 3.66. The summed E-state index contributed by atoms with van der Waals surface area (Å²) in [5.74, 6) is -0.211. The molecule has 0 saturated carbocycles. The smallest absolute Gasteiger partial charge is 0.387 e. The molecule has 3 rings (SSSR count). The Morgan fingerprint density at radius 2 is 1.88 bits per heavy atom. The van der Waals surface area contributed by atoms with E-state index in [0.29, 0.717) is 24.3 Å². The van der Waals surface area contributed by atoms with Gasteiger partial charge >= 0.3 is 12.6 Å². The molecule has 0 aliphatic heterocycles. The molecule has 8 heteroatoms. The largest absolute Gasteiger partial charge is 0.493 e. The Morgan fingerprint density at radius 3 is 2.56 bits per heavy atom. The summed E-state index contributed by atoms with van der Waals surface area (Å²) in [5, 5.41) is 0.894. The molecule has 0 N–H and O–H groups in total. The van der Waals surface area contributed by atoms with Crippen LogP contribution < -0.4 is 9.47 Å². The van der Waals surface area contributed by atoms with Gasteiger partial charge in [0.2, 0.25) is 0 Å². The molecule has 32 heavy (non-hydrogen) atoms. The van der Waals surface area contributed by atoms with Crippen LogP contribution in [0.15, 0.2) is 42.5 Å². The summed E-state index contributed by atoms with van der Waals surface area (Å²) >= 11 is 0. The molecule has 0 radical (unpaired) electrons. The highest BCUT2D eigenvalue weighted by Crippen LogP contribution is 2.30. The van der Waals surface area contributed by atoms with Crippen LogP contribution in [0.5, 0.6) is 11.5 Å². The molecule has 0 saturated heterocycles. The van der Waals surface area contributed by atoms with Crippen LogP contribution in [0.4, 0.5) is 8.78 Å². The highest BCUT2D eigenvalue weighted by atomic mass is 19.3. The SMILES string of the molecule is CCOC(=O)c1c(CN(C)Cc2ccc(OC)c(OC(F)F)c2)nc2ccccc2c1C. The Balaban J connectivity index is 1.90. The van der Waals surface area contributed by atoms with Crippen LogP contribution in [0, 0.1) is 6.92 Å². The number of benzene rings is 2. The number of ether oxygens (including phenoxy) is 3. The van der Waals surface area contributed by atoms with E-state index in [1.165, 1.54) is 13.2 Å². The standard InChI is InChI=1S/C24H26F2N2O4/c1-5-31-23(29)22-15(2)17-8-6-7-9-18(17)27-19(22)14-28(3)13-16-10-11-20(30-4)21(12-16)32-24(25)26/h6-12,24H,5,13-14H2,1-4H3. The number of methoxy groups -OCH3 is 1. The average Bonchev–Trinajstić information content (AvgIpc) is 2.74. The van der Waals surface area contributed by atoms with E-state index in [-0.39, 0.29) is 18.1 Å². The zero-order valence-corrected chi connectivity index (χ0v) is 18.5. The van der Waals surface area contributed by atoms with Gasteiger partial charge in [0, 0.05) is 18.5 Å². The maximum Gasteiger partial charge on any atom is 0.387 e. The number of rotatable bonds is 9. The number of nitrogens with zero attached hydrogens (tertiary/aromatic N) is 2. The zero-order valence-electron chi connectivity index (χ0n) is 18.5. The predicted octanol–water partition coefficient (Wildman–Crippen LogP) is 4.96. The fourth-order valence-electron chi connectivity index (χ4n) is 3.66. The van der Waals surface area contributed by atoms with Gasteiger partial charge in [0.15, 0.2) is 11.5 Å². The van der Waals surface area contributed by atoms with Crippen LogP contribution in [0.2, 0.25) is 0 Å². The summed E-state index contributed by atoms with van der Waals surface area (Å²) in [5.41, 5.74) is 3.40. The number of hydrogen-bond donors (Lipinski definition) is 0. The number of aryl methyl sites for hydroxylation is 1. The molecular weight excluding hydrogens is 418 g/mol. The van der Waals surface area contributed by atoms with E-state index in [1.54, 1.807) is 19.1 Å². The van der Waals surface area contributed by atoms with Gasteiger partial charge in [-0.25, -0.2) is 4.79 Å². The molecular formula is C24H26F2N2O4. The lowest BCUT2D eigenvalue weighted by molar-refractivity contribution is -0.0512. The number of carbonyl (C=O) groups excluding carboxylic acids is 1. The van der Waals surface area contributed by atoms with Gasteiger partial charge in [-0.2, -0.15) is 8.78 Å². The lowest BCUT2D eigenvalue weighted by atomic mass is 10.0. The summed E-state index contributed by atoms with van der Waals surface area (Å²) in [6.45, 7) is 1.73. The number of pyridine rings is 1. The molecule has 0 aliphatic rings. The molecule has 1 heterocycles. The molecule has 0 spiro atoms. The quantitative estimate of drug-likeness (QED) is 0.435. The van der Waals surface area contributed by atoms with Gasteiger partial charge in [-0.05, 0) is 50.2 Å². The maximum absolute atomic E-state index is 12.7. The lowest BCUT2D eigenvalue weighted by Crippen LogP contribution is -2.22. The minimum Gasteiger partial charge on any atom is -0.493 e. The van der Waals surface area contributed by atoms with E-state index in [2.05, 4.69) is 4.74 Å². The molecule has 0 aliphatic carbocycles. The third kappa shape index (κ3) is 5.31. The first kappa shape index (κ1) is 23.4. The summed E-state index contributed by atoms with van der Waals surface area (Å²) in [4.78, 5) is 19.4. The summed E-state index contributed by atoms with van der Waals surface area (Å²) in [6.07, 6.45) is 0. The van der Waals surface area contributed by atoms with Gasteiger partial charge in [0.25, 0.3) is 0 Å². The number of halogens is 2. The first-order valence-corrected chi connectivity index (χ1v) is 10.2. The molecule has 0 unspecified atom stereocenters. The number of aromatic nitrogens is 1. The summed E-state index contributed by atoms with van der Waals surface area (Å²) < 4.78 is 40.4. The van der Waals surface area contributed by atoms with Crippen LogP contribution in [0.1, 0.15) is 34.1 Å². The van der Waals surface area contributed by atoms with Crippen molar-refractivity contribution in [2.75, 3.05) is 20.8 Å². The molecule has 2 aromatic carbocycles. The van der Waals surface area contributed by atoms with Crippen molar-refractivity contribution in [3.05, 3.63) is 64.8 Å². The van der Waals surface area contributed by atoms with Crippen LogP contribution >= 0.6 is 0 Å². The summed E-state index contributed by atoms with van der Waals surface area (Å²) in [7, 11) is 3.25. The van der Waals surface area contributed by atoms with Crippen molar-refractivity contribution in [3.8, 4) is 11.5 Å². The van der Waals surface area contributed by atoms with Gasteiger partial charge in [-0.15, -0.1) is 0 Å². The van der Waals surface area contributed by atoms with E-state index in [4.69, 9.17) is 14.5 Å². The third-order valence-electron chi connectivity index (χ3n) is 5.02. The molecule has 6 nitrogen and oxygen atoms in total. The van der Waals surface area contributed by atoms with Crippen molar-refractivity contribution in [1.29, 1.82) is 0 Å². The zero-order chi connectivity index (χ0) is 23.3. The second kappa shape index (κ2) is 10.4. The van der Waals surface area contributed by atoms with E-state index < -0.39 is 12.6 Å². The van der Waals surface area contributed by atoms with Crippen LogP contribution in [-0.2, 0) is 17.8 Å². The van der Waals surface area contributed by atoms with E-state index in [0.717, 1.165) is 22.0 Å². The molecule has 0 amide bonds. The summed E-state index contributed by atoms with van der Waals surface area (Å²) in [6, 6.07) is 12.5. The van der Waals surface area contributed by atoms with Crippen molar-refractivity contribution in [2.45, 2.75) is 33.5 Å². The van der Waals surface area contributed by atoms with Gasteiger partial charge in [0.1, 0.15) is 0 Å². The Morgan fingerprint density at radius 1 is 1.12 bits per heavy atom. The van der Waals surface area contributed by atoms with E-state index >= 15 is 0 Å². The Kier molecular flexibility index (Phi) is 7.58. The fraction of sp³-hybridized carbons (Fsp3) is 0.333. The Bertz CT molecular complexity index is 1100. The molecule has 0 bridgehead atoms. The van der Waals surface area contributed by atoms with E-state index in [9.17, 15) is 13.6 Å². The molecule has 1 aromatic heterocycles. The first-order chi connectivity index (χ1) is 15.3. The minimum atomic E-state index is -2.95. The monoisotopic (exact) mass is 444 g/mol. The number of hydrogen-bond acceptors (Lipinski definition) is 6. The number of alkyl halides is 2. The number of fused-ring (bicyclic) bond motifs is 1. The van der Waals surface area contributed by atoms with E-state index in [1.807, 2.05) is 43.1 Å². The second-order valence-electron chi connectivity index (χ2n) is 7.33. The topological polar surface area (TPSA) is 60.9 Å². The van der Waals surface area contributed by atoms with Crippen LogP contribution in [0.3, 0.4) is 0 Å². The van der Waals surface area contributed by atoms with Gasteiger partial charge < -0.3 is 14.2 Å². The van der Waals surface area contributed by atoms with Crippen molar-refractivity contribution < 1.29 is 27.8 Å². The van der Waals surface area contributed by atoms with Crippen LogP contribution in [-0.4, -0.2) is 43.2 Å². The molecule has 0 fully saturated rings. The predicted molar refractivity (Wildman–Crippen MR) is 117 cm³/mol. The first-order valence-electron chi connectivity index (χ1n) is 10.2. The normalized spacial score (nSPS) is 11.2.